The first-order valence-electron chi connectivity index (χ1n) is 4.04. The second-order valence-corrected chi connectivity index (χ2v) is 4.11. The molecule has 1 heterocycles. The zero-order chi connectivity index (χ0) is 8.48. The highest BCUT2D eigenvalue weighted by Gasteiger charge is 2.39. The van der Waals surface area contributed by atoms with Gasteiger partial charge in [-0.1, -0.05) is 0 Å². The van der Waals surface area contributed by atoms with Gasteiger partial charge in [0.2, 0.25) is 0 Å². The van der Waals surface area contributed by atoms with Crippen LogP contribution >= 0.6 is 11.6 Å². The minimum absolute atomic E-state index is 0.0202. The van der Waals surface area contributed by atoms with E-state index in [1.807, 2.05) is 0 Å². The number of alkyl halides is 2. The van der Waals surface area contributed by atoms with E-state index in [1.165, 1.54) is 0 Å². The van der Waals surface area contributed by atoms with Crippen LogP contribution < -0.4 is 0 Å². The van der Waals surface area contributed by atoms with Gasteiger partial charge in [0.25, 0.3) is 0 Å². The van der Waals surface area contributed by atoms with E-state index in [9.17, 15) is 4.39 Å². The molecule has 0 N–H and O–H groups in total. The van der Waals surface area contributed by atoms with Gasteiger partial charge >= 0.3 is 0 Å². The predicted molar refractivity (Wildman–Crippen MR) is 45.9 cm³/mol. The van der Waals surface area contributed by atoms with Crippen molar-refractivity contribution in [3.05, 3.63) is 0 Å². The second kappa shape index (κ2) is 3.28. The number of hydrogen-bond acceptors (Lipinski definition) is 1. The van der Waals surface area contributed by atoms with Crippen molar-refractivity contribution < 1.29 is 4.39 Å². The second-order valence-electron chi connectivity index (χ2n) is 3.59. The lowest BCUT2D eigenvalue weighted by molar-refractivity contribution is 0.164. The Labute approximate surface area is 72.5 Å². The van der Waals surface area contributed by atoms with Gasteiger partial charge in [-0.25, -0.2) is 4.39 Å². The molecule has 0 aliphatic carbocycles. The summed E-state index contributed by atoms with van der Waals surface area (Å²) in [6.45, 7) is 5.34. The molecular weight excluding hydrogens is 165 g/mol. The van der Waals surface area contributed by atoms with Crippen LogP contribution in [0.5, 0.6) is 0 Å². The van der Waals surface area contributed by atoms with Gasteiger partial charge in [-0.05, 0) is 20.3 Å². The smallest absolute Gasteiger partial charge is 0.102 e. The van der Waals surface area contributed by atoms with Crippen LogP contribution in [0.1, 0.15) is 20.3 Å². The molecule has 1 aliphatic heterocycles. The van der Waals surface area contributed by atoms with Gasteiger partial charge < -0.3 is 0 Å². The highest BCUT2D eigenvalue weighted by molar-refractivity contribution is 6.21. The SMILES string of the molecule is CC1(C)C(Cl)CCN1CCF. The Balaban J connectivity index is 2.55. The average Bonchev–Trinajstić information content (AvgIpc) is 2.16. The van der Waals surface area contributed by atoms with E-state index in [1.54, 1.807) is 0 Å². The lowest BCUT2D eigenvalue weighted by atomic mass is 10.0. The first-order chi connectivity index (χ1) is 5.09. The van der Waals surface area contributed by atoms with Crippen LogP contribution in [-0.4, -0.2) is 35.6 Å². The molecule has 1 nitrogen and oxygen atoms in total. The lowest BCUT2D eigenvalue weighted by Gasteiger charge is -2.32. The van der Waals surface area contributed by atoms with Crippen LogP contribution in [0.15, 0.2) is 0 Å². The van der Waals surface area contributed by atoms with E-state index in [2.05, 4.69) is 18.7 Å². The lowest BCUT2D eigenvalue weighted by Crippen LogP contribution is -2.43. The summed E-state index contributed by atoms with van der Waals surface area (Å²) in [6, 6.07) is 0. The minimum Gasteiger partial charge on any atom is -0.294 e. The van der Waals surface area contributed by atoms with Gasteiger partial charge in [0, 0.05) is 18.6 Å². The molecule has 0 aromatic heterocycles. The maximum absolute atomic E-state index is 12.0. The summed E-state index contributed by atoms with van der Waals surface area (Å²) in [5.41, 5.74) is -0.0202. The first-order valence-corrected chi connectivity index (χ1v) is 4.47. The van der Waals surface area contributed by atoms with Crippen molar-refractivity contribution in [2.24, 2.45) is 0 Å². The van der Waals surface area contributed by atoms with Crippen molar-refractivity contribution in [1.82, 2.24) is 4.90 Å². The summed E-state index contributed by atoms with van der Waals surface area (Å²) in [6.07, 6.45) is 0.981. The normalized spacial score (nSPS) is 31.1. The van der Waals surface area contributed by atoms with Crippen LogP contribution in [0, 0.1) is 0 Å². The molecule has 0 saturated carbocycles. The fraction of sp³-hybridized carbons (Fsp3) is 1.00. The molecule has 0 aromatic rings. The highest BCUT2D eigenvalue weighted by Crippen LogP contribution is 2.32. The third-order valence-electron chi connectivity index (χ3n) is 2.59. The standard InChI is InChI=1S/C8H15ClFN/c1-8(2)7(9)3-5-11(8)6-4-10/h7H,3-6H2,1-2H3. The van der Waals surface area contributed by atoms with E-state index < -0.39 is 0 Å². The van der Waals surface area contributed by atoms with Crippen LogP contribution in [0.4, 0.5) is 4.39 Å². The largest absolute Gasteiger partial charge is 0.294 e. The number of hydrogen-bond donors (Lipinski definition) is 0. The molecule has 1 rings (SSSR count). The monoisotopic (exact) mass is 179 g/mol. The Morgan fingerprint density at radius 3 is 2.64 bits per heavy atom. The Morgan fingerprint density at radius 1 is 1.64 bits per heavy atom. The topological polar surface area (TPSA) is 3.24 Å². The molecule has 1 atom stereocenters. The van der Waals surface area contributed by atoms with Gasteiger partial charge in [0.1, 0.15) is 6.67 Å². The minimum atomic E-state index is -0.271. The zero-order valence-corrected chi connectivity index (χ0v) is 7.86. The van der Waals surface area contributed by atoms with E-state index in [-0.39, 0.29) is 17.6 Å². The summed E-state index contributed by atoms with van der Waals surface area (Å²) >= 11 is 6.07. The summed E-state index contributed by atoms with van der Waals surface area (Å²) in [4.78, 5) is 2.12. The fourth-order valence-electron chi connectivity index (χ4n) is 1.61. The predicted octanol–water partition coefficient (Wildman–Crippen LogP) is 2.05. The first kappa shape index (κ1) is 9.27. The molecule has 0 bridgehead atoms. The van der Waals surface area contributed by atoms with E-state index in [0.29, 0.717) is 6.54 Å². The van der Waals surface area contributed by atoms with Gasteiger partial charge in [0.15, 0.2) is 0 Å². The van der Waals surface area contributed by atoms with Crippen LogP contribution in [0.3, 0.4) is 0 Å². The summed E-state index contributed by atoms with van der Waals surface area (Å²) in [5.74, 6) is 0. The zero-order valence-electron chi connectivity index (χ0n) is 7.11. The van der Waals surface area contributed by atoms with Crippen molar-refractivity contribution in [3.8, 4) is 0 Å². The van der Waals surface area contributed by atoms with Crippen LogP contribution in [0.25, 0.3) is 0 Å². The molecule has 1 aliphatic rings. The molecule has 3 heteroatoms. The van der Waals surface area contributed by atoms with Crippen molar-refractivity contribution in [2.75, 3.05) is 19.8 Å². The number of rotatable bonds is 2. The van der Waals surface area contributed by atoms with Gasteiger partial charge in [-0.3, -0.25) is 4.90 Å². The molecule has 11 heavy (non-hydrogen) atoms. The molecule has 0 aromatic carbocycles. The van der Waals surface area contributed by atoms with Crippen LogP contribution in [-0.2, 0) is 0 Å². The van der Waals surface area contributed by atoms with Crippen molar-refractivity contribution in [1.29, 1.82) is 0 Å². The summed E-state index contributed by atoms with van der Waals surface area (Å²) in [5, 5.41) is 0.175. The fourth-order valence-corrected chi connectivity index (χ4v) is 1.85. The summed E-state index contributed by atoms with van der Waals surface area (Å²) in [7, 11) is 0. The number of halogens is 2. The quantitative estimate of drug-likeness (QED) is 0.587. The Bertz CT molecular complexity index is 136. The van der Waals surface area contributed by atoms with Crippen molar-refractivity contribution in [2.45, 2.75) is 31.2 Å². The number of nitrogens with zero attached hydrogens (tertiary/aromatic N) is 1. The van der Waals surface area contributed by atoms with Crippen molar-refractivity contribution in [3.63, 3.8) is 0 Å². The van der Waals surface area contributed by atoms with Gasteiger partial charge in [0.05, 0.1) is 5.38 Å². The molecule has 0 amide bonds. The van der Waals surface area contributed by atoms with E-state index >= 15 is 0 Å². The Kier molecular flexibility index (Phi) is 2.76. The van der Waals surface area contributed by atoms with Gasteiger partial charge in [-0.2, -0.15) is 0 Å². The molecule has 1 fully saturated rings. The summed E-state index contributed by atoms with van der Waals surface area (Å²) < 4.78 is 12.0. The highest BCUT2D eigenvalue weighted by atomic mass is 35.5. The van der Waals surface area contributed by atoms with Crippen LogP contribution in [0.2, 0.25) is 0 Å². The Hall–Kier alpha value is 0.180. The molecule has 1 saturated heterocycles. The molecule has 1 unspecified atom stereocenters. The maximum atomic E-state index is 12.0. The van der Waals surface area contributed by atoms with E-state index in [4.69, 9.17) is 11.6 Å². The molecule has 0 spiro atoms. The molecular formula is C8H15ClFN. The molecule has 66 valence electrons. The average molecular weight is 180 g/mol. The van der Waals surface area contributed by atoms with Gasteiger partial charge in [-0.15, -0.1) is 11.6 Å². The third kappa shape index (κ3) is 1.67. The maximum Gasteiger partial charge on any atom is 0.102 e. The number of likely N-dealkylation sites (tertiary alicyclic amines) is 1. The third-order valence-corrected chi connectivity index (χ3v) is 3.34. The molecule has 0 radical (unpaired) electrons. The van der Waals surface area contributed by atoms with E-state index in [0.717, 1.165) is 13.0 Å². The van der Waals surface area contributed by atoms with Crippen molar-refractivity contribution >= 4 is 11.6 Å². The Morgan fingerprint density at radius 2 is 2.27 bits per heavy atom.